The normalized spacial score (nSPS) is 13.1. The molecular formula is C89H72F2N2O2Si. The fourth-order valence-corrected chi connectivity index (χ4v) is 19.7. The molecule has 0 saturated heterocycles. The second-order valence-electron chi connectivity index (χ2n) is 26.0. The monoisotopic (exact) mass is 1270 g/mol. The first-order chi connectivity index (χ1) is 46.7. The van der Waals surface area contributed by atoms with Crippen LogP contribution in [0.25, 0.3) is 87.3 Å². The first-order valence-electron chi connectivity index (χ1n) is 33.0. The molecule has 2 aromatic heterocycles. The number of halogens is 2. The van der Waals surface area contributed by atoms with E-state index in [0.717, 1.165) is 111 Å². The first kappa shape index (κ1) is 61.1. The van der Waals surface area contributed by atoms with Crippen LogP contribution in [0.3, 0.4) is 0 Å². The topological polar surface area (TPSA) is 32.8 Å². The van der Waals surface area contributed by atoms with E-state index in [-0.39, 0.29) is 17.5 Å². The molecule has 0 bridgehead atoms. The lowest BCUT2D eigenvalue weighted by molar-refractivity contribution is 0.628. The third-order valence-corrected chi connectivity index (χ3v) is 24.5. The molecule has 0 spiro atoms. The molecule has 4 nitrogen and oxygen atoms in total. The van der Waals surface area contributed by atoms with Crippen molar-refractivity contribution in [1.82, 2.24) is 0 Å². The van der Waals surface area contributed by atoms with E-state index in [1.54, 1.807) is 12.1 Å². The summed E-state index contributed by atoms with van der Waals surface area (Å²) in [5.41, 5.74) is 12.1. The van der Waals surface area contributed by atoms with Crippen LogP contribution in [0.15, 0.2) is 329 Å². The summed E-state index contributed by atoms with van der Waals surface area (Å²) in [6.07, 6.45) is 14.4. The fourth-order valence-electron chi connectivity index (χ4n) is 14.9. The van der Waals surface area contributed by atoms with Gasteiger partial charge >= 0.3 is 0 Å². The van der Waals surface area contributed by atoms with Crippen LogP contribution >= 0.6 is 0 Å². The van der Waals surface area contributed by atoms with E-state index >= 15 is 8.78 Å². The molecular weight excluding hydrogens is 1200 g/mol. The molecule has 0 atom stereocenters. The fraction of sp³-hybridized carbons (Fsp3) is 0.101. The number of anilines is 5. The van der Waals surface area contributed by atoms with E-state index < -0.39 is 19.7 Å². The van der Waals surface area contributed by atoms with Crippen LogP contribution < -0.4 is 20.2 Å². The number of hydrogen-bond donors (Lipinski definition) is 0. The molecule has 14 aromatic rings. The zero-order chi connectivity index (χ0) is 66.1. The Balaban J connectivity index is 0.967. The predicted molar refractivity (Wildman–Crippen MR) is 406 cm³/mol. The summed E-state index contributed by atoms with van der Waals surface area (Å²) in [6.45, 7) is 29.3. The largest absolute Gasteiger partial charge is 0.454 e. The Morgan fingerprint density at radius 3 is 1.58 bits per heavy atom. The summed E-state index contributed by atoms with van der Waals surface area (Å²) in [5, 5.41) is 14.4. The van der Waals surface area contributed by atoms with E-state index in [2.05, 4.69) is 229 Å². The molecule has 15 rings (SSSR count). The maximum absolute atomic E-state index is 17.8. The average Bonchev–Trinajstić information content (AvgIpc) is 0.708. The molecule has 0 N–H and O–H groups in total. The molecule has 1 aliphatic rings. The van der Waals surface area contributed by atoms with Gasteiger partial charge in [-0.1, -0.05) is 276 Å². The van der Waals surface area contributed by atoms with Crippen molar-refractivity contribution >= 4 is 123 Å². The third-order valence-electron chi connectivity index (χ3n) is 19.6. The van der Waals surface area contributed by atoms with Gasteiger partial charge in [0.25, 0.3) is 0 Å². The van der Waals surface area contributed by atoms with E-state index in [9.17, 15) is 0 Å². The van der Waals surface area contributed by atoms with E-state index in [4.69, 9.17) is 15.4 Å². The zero-order valence-electron chi connectivity index (χ0n) is 54.7. The van der Waals surface area contributed by atoms with Crippen LogP contribution in [0.1, 0.15) is 69.1 Å². The summed E-state index contributed by atoms with van der Waals surface area (Å²) in [6, 6.07) is 76.8. The number of allylic oxidation sites excluding steroid dienone is 11. The first-order valence-corrected chi connectivity index (χ1v) is 35.0. The molecule has 0 fully saturated rings. The van der Waals surface area contributed by atoms with Gasteiger partial charge < -0.3 is 18.6 Å². The number of rotatable bonds is 18. The van der Waals surface area contributed by atoms with Gasteiger partial charge in [0.2, 0.25) is 0 Å². The van der Waals surface area contributed by atoms with Crippen LogP contribution in [0.5, 0.6) is 0 Å². The molecule has 0 amide bonds. The minimum absolute atomic E-state index is 0.0128. The molecule has 468 valence electrons. The van der Waals surface area contributed by atoms with Crippen LogP contribution in [-0.4, -0.2) is 8.07 Å². The quantitative estimate of drug-likeness (QED) is 0.0487. The number of nitrogens with zero attached hydrogens (tertiary/aromatic N) is 2. The predicted octanol–water partition coefficient (Wildman–Crippen LogP) is 24.6. The average molecular weight is 1270 g/mol. The van der Waals surface area contributed by atoms with Gasteiger partial charge in [0.05, 0.1) is 34.1 Å². The number of fused-ring (bicyclic) bond motifs is 6. The Bertz CT molecular complexity index is 5560. The lowest BCUT2D eigenvalue weighted by atomic mass is 9.84. The van der Waals surface area contributed by atoms with Gasteiger partial charge in [-0.2, -0.15) is 0 Å². The lowest BCUT2D eigenvalue weighted by Gasteiger charge is -2.37. The van der Waals surface area contributed by atoms with Crippen molar-refractivity contribution in [2.75, 3.05) is 9.80 Å². The molecule has 0 saturated carbocycles. The van der Waals surface area contributed by atoms with Gasteiger partial charge in [0, 0.05) is 32.3 Å². The summed E-state index contributed by atoms with van der Waals surface area (Å²) in [5.74, 6) is -1.08. The molecule has 7 heteroatoms. The Hall–Kier alpha value is -11.1. The number of hydrogen-bond acceptors (Lipinski definition) is 4. The SMILES string of the molecule is C=C(/C=C\C(=C)[Si](C1=CC=CCC1)(c1ccccc1)c1ccccc1)C(=C)/C=C(\C(=C)F)N(c1cc(C(C)C)c2ccc3c(N(c4cc(-c5ccc(C)cc5)ccc4F)c4cccc5c4oc4ccccc45)cc(C(C)C)c4ccc1c2c43)c1cccc2c1oc1ccccc12. The number of benzene rings is 12. The second-order valence-corrected chi connectivity index (χ2v) is 30.0. The number of furan rings is 2. The van der Waals surface area contributed by atoms with Gasteiger partial charge in [-0.3, -0.25) is 0 Å². The van der Waals surface area contributed by atoms with Crippen LogP contribution in [0.4, 0.5) is 37.2 Å². The number of aryl methyl sites for hydroxylation is 1. The van der Waals surface area contributed by atoms with Crippen LogP contribution in [-0.2, 0) is 0 Å². The van der Waals surface area contributed by atoms with Gasteiger partial charge in [0.15, 0.2) is 19.2 Å². The summed E-state index contributed by atoms with van der Waals surface area (Å²) in [4.78, 5) is 4.04. The smallest absolute Gasteiger partial charge is 0.175 e. The number of para-hydroxylation sites is 4. The van der Waals surface area contributed by atoms with Crippen LogP contribution in [0, 0.1) is 12.7 Å². The van der Waals surface area contributed by atoms with Crippen molar-refractivity contribution in [2.45, 2.75) is 59.3 Å². The third kappa shape index (κ3) is 10.2. The van der Waals surface area contributed by atoms with Crippen molar-refractivity contribution in [3.63, 3.8) is 0 Å². The van der Waals surface area contributed by atoms with Crippen molar-refractivity contribution in [2.24, 2.45) is 0 Å². The molecule has 96 heavy (non-hydrogen) atoms. The standard InChI is InChI=1S/C89H72F2N2O2Si/c1-55(2)75-53-81(92(78-35-23-33-71-67-31-19-21-37-84(67)94-88(71)78)80(61(9)90)51-59(7)58(6)41-42-60(8)96(64-25-13-10-14-26-64,65-27-15-11-16-28-65)66-29-17-12-18-30-66)73-48-46-70-76(56(3)4)54-82(74-49-47-69(75)86(73)87(70)74)93(79-36-24-34-72-68-32-20-22-38-85(68)95-89(72)79)83-52-63(45-50-77(83)91)62-43-39-57(5)40-44-62/h10-17,19-29,31-56H,6-9,18,30H2,1-5H3/b42-41-,80-51+. The van der Waals surface area contributed by atoms with Crippen molar-refractivity contribution in [1.29, 1.82) is 0 Å². The molecule has 0 unspecified atom stereocenters. The lowest BCUT2D eigenvalue weighted by Crippen LogP contribution is -2.61. The van der Waals surface area contributed by atoms with Crippen LogP contribution in [0.2, 0.25) is 0 Å². The highest BCUT2D eigenvalue weighted by atomic mass is 28.3. The highest BCUT2D eigenvalue weighted by Crippen LogP contribution is 2.54. The van der Waals surface area contributed by atoms with Crippen molar-refractivity contribution in [3.8, 4) is 11.1 Å². The highest BCUT2D eigenvalue weighted by Gasteiger charge is 2.43. The minimum atomic E-state index is -2.88. The zero-order valence-corrected chi connectivity index (χ0v) is 55.7. The Morgan fingerprint density at radius 1 is 0.490 bits per heavy atom. The molecule has 0 radical (unpaired) electrons. The van der Waals surface area contributed by atoms with Gasteiger partial charge in [-0.15, -0.1) is 0 Å². The van der Waals surface area contributed by atoms with Gasteiger partial charge in [0.1, 0.15) is 22.8 Å². The maximum Gasteiger partial charge on any atom is 0.175 e. The van der Waals surface area contributed by atoms with E-state index in [1.807, 2.05) is 83.8 Å². The summed E-state index contributed by atoms with van der Waals surface area (Å²) < 4.78 is 49.3. The van der Waals surface area contributed by atoms with E-state index in [0.29, 0.717) is 50.6 Å². The molecule has 12 aromatic carbocycles. The van der Waals surface area contributed by atoms with Gasteiger partial charge in [-0.05, 0) is 152 Å². The maximum atomic E-state index is 17.8. The van der Waals surface area contributed by atoms with Crippen molar-refractivity contribution in [3.05, 3.63) is 343 Å². The van der Waals surface area contributed by atoms with Gasteiger partial charge in [-0.25, -0.2) is 8.78 Å². The summed E-state index contributed by atoms with van der Waals surface area (Å²) in [7, 11) is -2.88. The van der Waals surface area contributed by atoms with E-state index in [1.165, 1.54) is 15.6 Å². The summed E-state index contributed by atoms with van der Waals surface area (Å²) >= 11 is 0. The minimum Gasteiger partial charge on any atom is -0.454 e. The molecule has 0 aliphatic heterocycles. The Morgan fingerprint density at radius 2 is 1.01 bits per heavy atom. The van der Waals surface area contributed by atoms with Crippen molar-refractivity contribution < 1.29 is 17.6 Å². The molecule has 2 heterocycles. The Labute approximate surface area is 560 Å². The second kappa shape index (κ2) is 24.7. The molecule has 1 aliphatic carbocycles. The highest BCUT2D eigenvalue weighted by molar-refractivity contribution is 7.12. The Kier molecular flexibility index (Phi) is 15.7.